The van der Waals surface area contributed by atoms with Gasteiger partial charge in [0.2, 0.25) is 11.8 Å². The molecule has 27 heavy (non-hydrogen) atoms. The highest BCUT2D eigenvalue weighted by Crippen LogP contribution is 2.26. The molecule has 8 heteroatoms. The van der Waals surface area contributed by atoms with E-state index in [0.29, 0.717) is 18.8 Å². The second-order valence-electron chi connectivity index (χ2n) is 6.45. The molecule has 1 heterocycles. The van der Waals surface area contributed by atoms with Crippen molar-refractivity contribution < 1.29 is 19.2 Å². The van der Waals surface area contributed by atoms with Crippen molar-refractivity contribution >= 4 is 29.4 Å². The number of aryl methyl sites for hydroxylation is 1. The Morgan fingerprint density at radius 3 is 2.33 bits per heavy atom. The van der Waals surface area contributed by atoms with E-state index in [1.54, 1.807) is 32.9 Å². The lowest BCUT2D eigenvalue weighted by Gasteiger charge is -2.23. The second-order valence-corrected chi connectivity index (χ2v) is 6.45. The van der Waals surface area contributed by atoms with Gasteiger partial charge in [-0.15, -0.1) is 0 Å². The van der Waals surface area contributed by atoms with Crippen molar-refractivity contribution in [1.82, 2.24) is 15.1 Å². The van der Waals surface area contributed by atoms with Gasteiger partial charge in [0.05, 0.1) is 6.54 Å². The fourth-order valence-electron chi connectivity index (χ4n) is 2.95. The third-order valence-electron chi connectivity index (χ3n) is 4.50. The fraction of sp³-hybridized carbons (Fsp3) is 0.474. The monoisotopic (exact) mass is 374 g/mol. The molecule has 0 saturated carbocycles. The third kappa shape index (κ3) is 4.45. The van der Waals surface area contributed by atoms with Crippen LogP contribution in [0.5, 0.6) is 0 Å². The molecule has 2 rings (SSSR count). The van der Waals surface area contributed by atoms with Gasteiger partial charge in [-0.25, -0.2) is 4.79 Å². The lowest BCUT2D eigenvalue weighted by molar-refractivity contribution is -0.139. The van der Waals surface area contributed by atoms with E-state index in [-0.39, 0.29) is 19.0 Å². The summed E-state index contributed by atoms with van der Waals surface area (Å²) in [4.78, 5) is 53.3. The average molecular weight is 374 g/mol. The molecule has 1 aliphatic rings. The van der Waals surface area contributed by atoms with Crippen LogP contribution in [0.2, 0.25) is 0 Å². The molecule has 8 nitrogen and oxygen atoms in total. The molecule has 0 unspecified atom stereocenters. The highest BCUT2D eigenvalue weighted by Gasteiger charge is 2.44. The molecule has 0 bridgehead atoms. The summed E-state index contributed by atoms with van der Waals surface area (Å²) < 4.78 is 0. The van der Waals surface area contributed by atoms with Gasteiger partial charge in [-0.3, -0.25) is 24.2 Å². The predicted molar refractivity (Wildman–Crippen MR) is 101 cm³/mol. The smallest absolute Gasteiger partial charge is 0.332 e. The highest BCUT2D eigenvalue weighted by atomic mass is 16.2. The lowest BCUT2D eigenvalue weighted by atomic mass is 10.2. The molecule has 0 aromatic heterocycles. The number of imide groups is 1. The van der Waals surface area contributed by atoms with E-state index in [2.05, 4.69) is 5.32 Å². The van der Waals surface area contributed by atoms with E-state index in [1.165, 1.54) is 9.80 Å². The van der Waals surface area contributed by atoms with Crippen LogP contribution in [0.15, 0.2) is 24.3 Å². The van der Waals surface area contributed by atoms with Crippen LogP contribution in [0.1, 0.15) is 26.3 Å². The molecule has 0 radical (unpaired) electrons. The Labute approximate surface area is 159 Å². The van der Waals surface area contributed by atoms with Crippen LogP contribution in [-0.2, 0) is 14.4 Å². The van der Waals surface area contributed by atoms with E-state index in [1.807, 2.05) is 19.1 Å². The quantitative estimate of drug-likeness (QED) is 0.725. The van der Waals surface area contributed by atoms with Gasteiger partial charge in [0.25, 0.3) is 5.91 Å². The van der Waals surface area contributed by atoms with E-state index in [0.717, 1.165) is 10.5 Å². The Hall–Kier alpha value is -2.90. The van der Waals surface area contributed by atoms with Gasteiger partial charge in [0, 0.05) is 18.8 Å². The van der Waals surface area contributed by atoms with E-state index >= 15 is 0 Å². The molecule has 1 aromatic carbocycles. The first-order valence-corrected chi connectivity index (χ1v) is 9.05. The number of carbonyl (C=O) groups excluding carboxylic acids is 4. The van der Waals surface area contributed by atoms with Crippen LogP contribution < -0.4 is 10.2 Å². The number of nitrogens with one attached hydrogen (secondary N) is 1. The summed E-state index contributed by atoms with van der Waals surface area (Å²) in [6.45, 7) is 7.40. The first-order valence-electron chi connectivity index (χ1n) is 9.05. The molecule has 1 saturated heterocycles. The third-order valence-corrected chi connectivity index (χ3v) is 4.50. The molecule has 1 fully saturated rings. The van der Waals surface area contributed by atoms with Crippen LogP contribution in [0.25, 0.3) is 0 Å². The first-order chi connectivity index (χ1) is 12.8. The molecular formula is C19H26N4O4. The lowest BCUT2D eigenvalue weighted by Crippen LogP contribution is -2.46. The van der Waals surface area contributed by atoms with E-state index in [4.69, 9.17) is 0 Å². The Balaban J connectivity index is 2.12. The van der Waals surface area contributed by atoms with Crippen LogP contribution in [0.3, 0.4) is 0 Å². The maximum atomic E-state index is 12.8. The standard InChI is InChI=1S/C19H26N4O4/c1-5-20-16(24)11-21(6-2)17(25)12-22-18(26)14(4)23(19(22)27)15-9-7-13(3)8-10-15/h7-10,14H,5-6,11-12H2,1-4H3,(H,20,24)/t14-/m1/s1. The summed E-state index contributed by atoms with van der Waals surface area (Å²) in [5.74, 6) is -1.15. The molecule has 5 amide bonds. The molecule has 1 N–H and O–H groups in total. The summed E-state index contributed by atoms with van der Waals surface area (Å²) in [7, 11) is 0. The minimum Gasteiger partial charge on any atom is -0.355 e. The zero-order valence-corrected chi connectivity index (χ0v) is 16.2. The molecule has 0 aliphatic carbocycles. The molecule has 1 atom stereocenters. The minimum atomic E-state index is -0.688. The van der Waals surface area contributed by atoms with Crippen LogP contribution in [0, 0.1) is 6.92 Å². The summed E-state index contributed by atoms with van der Waals surface area (Å²) in [5.41, 5.74) is 1.65. The number of urea groups is 1. The molecule has 146 valence electrons. The number of hydrogen-bond donors (Lipinski definition) is 1. The second kappa shape index (κ2) is 8.66. The molecular weight excluding hydrogens is 348 g/mol. The zero-order chi connectivity index (χ0) is 20.1. The highest BCUT2D eigenvalue weighted by molar-refractivity contribution is 6.15. The average Bonchev–Trinajstić information content (AvgIpc) is 2.84. The van der Waals surface area contributed by atoms with Crippen LogP contribution in [0.4, 0.5) is 10.5 Å². The molecule has 1 aromatic rings. The van der Waals surface area contributed by atoms with Crippen molar-refractivity contribution in [2.75, 3.05) is 31.1 Å². The SMILES string of the molecule is CCNC(=O)CN(CC)C(=O)CN1C(=O)[C@@H](C)N(c2ccc(C)cc2)C1=O. The topological polar surface area (TPSA) is 90.0 Å². The van der Waals surface area contributed by atoms with Gasteiger partial charge in [0.1, 0.15) is 12.6 Å². The van der Waals surface area contributed by atoms with Crippen molar-refractivity contribution in [2.45, 2.75) is 33.7 Å². The van der Waals surface area contributed by atoms with Gasteiger partial charge in [-0.05, 0) is 39.8 Å². The normalized spacial score (nSPS) is 16.7. The summed E-state index contributed by atoms with van der Waals surface area (Å²) in [6.07, 6.45) is 0. The largest absolute Gasteiger partial charge is 0.355 e. The Morgan fingerprint density at radius 1 is 1.15 bits per heavy atom. The number of rotatable bonds is 7. The van der Waals surface area contributed by atoms with Crippen molar-refractivity contribution in [3.8, 4) is 0 Å². The number of carbonyl (C=O) groups is 4. The maximum absolute atomic E-state index is 12.8. The Kier molecular flexibility index (Phi) is 6.55. The van der Waals surface area contributed by atoms with Crippen molar-refractivity contribution in [3.63, 3.8) is 0 Å². The Bertz CT molecular complexity index is 732. The Morgan fingerprint density at radius 2 is 1.78 bits per heavy atom. The number of likely N-dealkylation sites (N-methyl/N-ethyl adjacent to an activating group) is 2. The summed E-state index contributed by atoms with van der Waals surface area (Å²) in [6, 6.07) is 6.05. The number of anilines is 1. The zero-order valence-electron chi connectivity index (χ0n) is 16.2. The van der Waals surface area contributed by atoms with Gasteiger partial charge >= 0.3 is 6.03 Å². The fourth-order valence-corrected chi connectivity index (χ4v) is 2.95. The van der Waals surface area contributed by atoms with E-state index in [9.17, 15) is 19.2 Å². The number of hydrogen-bond acceptors (Lipinski definition) is 4. The molecule has 0 spiro atoms. The van der Waals surface area contributed by atoms with Gasteiger partial charge in [-0.1, -0.05) is 17.7 Å². The molecule has 1 aliphatic heterocycles. The van der Waals surface area contributed by atoms with Gasteiger partial charge in [-0.2, -0.15) is 0 Å². The van der Waals surface area contributed by atoms with E-state index < -0.39 is 23.9 Å². The summed E-state index contributed by atoms with van der Waals surface area (Å²) >= 11 is 0. The van der Waals surface area contributed by atoms with Gasteiger partial charge in [0.15, 0.2) is 0 Å². The van der Waals surface area contributed by atoms with Crippen LogP contribution >= 0.6 is 0 Å². The van der Waals surface area contributed by atoms with Crippen molar-refractivity contribution in [2.24, 2.45) is 0 Å². The van der Waals surface area contributed by atoms with Crippen LogP contribution in [-0.4, -0.2) is 65.8 Å². The van der Waals surface area contributed by atoms with Crippen molar-refractivity contribution in [1.29, 1.82) is 0 Å². The van der Waals surface area contributed by atoms with Crippen molar-refractivity contribution in [3.05, 3.63) is 29.8 Å². The first kappa shape index (κ1) is 20.4. The summed E-state index contributed by atoms with van der Waals surface area (Å²) in [5, 5.41) is 2.63. The predicted octanol–water partition coefficient (Wildman–Crippen LogP) is 1.14. The van der Waals surface area contributed by atoms with Gasteiger partial charge < -0.3 is 10.2 Å². The number of nitrogens with zero attached hydrogens (tertiary/aromatic N) is 3. The minimum absolute atomic E-state index is 0.101. The number of amides is 5. The number of benzene rings is 1. The maximum Gasteiger partial charge on any atom is 0.332 e.